The molecule has 0 aliphatic carbocycles. The molecule has 1 aromatic heterocycles. The second-order valence-electron chi connectivity index (χ2n) is 4.91. The Morgan fingerprint density at radius 1 is 1.40 bits per heavy atom. The van der Waals surface area contributed by atoms with E-state index in [1.165, 1.54) is 0 Å². The van der Waals surface area contributed by atoms with Crippen molar-refractivity contribution in [3.05, 3.63) is 22.8 Å². The Bertz CT molecular complexity index is 457. The van der Waals surface area contributed by atoms with E-state index in [-0.39, 0.29) is 11.1 Å². The third-order valence-electron chi connectivity index (χ3n) is 3.54. The zero-order valence-electron chi connectivity index (χ0n) is 11.2. The topological polar surface area (TPSA) is 28.2 Å². The minimum absolute atomic E-state index is 0.0118. The number of alkyl halides is 3. The van der Waals surface area contributed by atoms with E-state index in [0.29, 0.717) is 5.82 Å². The Morgan fingerprint density at radius 2 is 2.05 bits per heavy atom. The molecule has 20 heavy (non-hydrogen) atoms. The number of likely N-dealkylation sites (tertiary alicyclic amines) is 1. The van der Waals surface area contributed by atoms with Gasteiger partial charge in [0.05, 0.1) is 10.6 Å². The molecule has 1 fully saturated rings. The van der Waals surface area contributed by atoms with Gasteiger partial charge in [0, 0.05) is 25.3 Å². The average Bonchev–Trinajstić information content (AvgIpc) is 2.41. The van der Waals surface area contributed by atoms with E-state index in [0.717, 1.165) is 44.7 Å². The second-order valence-corrected chi connectivity index (χ2v) is 5.31. The third kappa shape index (κ3) is 3.76. The number of aromatic nitrogens is 1. The van der Waals surface area contributed by atoms with Crippen molar-refractivity contribution < 1.29 is 13.2 Å². The van der Waals surface area contributed by atoms with Gasteiger partial charge in [-0.3, -0.25) is 0 Å². The van der Waals surface area contributed by atoms with Crippen molar-refractivity contribution >= 4 is 17.4 Å². The molecule has 1 N–H and O–H groups in total. The number of anilines is 1. The van der Waals surface area contributed by atoms with Gasteiger partial charge in [0.15, 0.2) is 0 Å². The number of hydrogen-bond acceptors (Lipinski definition) is 3. The normalized spacial score (nSPS) is 18.2. The molecule has 7 heteroatoms. The Labute approximate surface area is 121 Å². The summed E-state index contributed by atoms with van der Waals surface area (Å²) in [5.41, 5.74) is -0.825. The number of piperidine rings is 1. The maximum Gasteiger partial charge on any atom is 0.417 e. The molecule has 0 aromatic carbocycles. The van der Waals surface area contributed by atoms with E-state index in [9.17, 15) is 13.2 Å². The lowest BCUT2D eigenvalue weighted by Crippen LogP contribution is -2.39. The summed E-state index contributed by atoms with van der Waals surface area (Å²) in [5.74, 6) is 0.328. The average molecular weight is 308 g/mol. The predicted octanol–water partition coefficient (Wildman–Crippen LogP) is 3.65. The maximum atomic E-state index is 12.5. The highest BCUT2D eigenvalue weighted by atomic mass is 35.5. The summed E-state index contributed by atoms with van der Waals surface area (Å²) < 4.78 is 37.5. The van der Waals surface area contributed by atoms with E-state index in [1.54, 1.807) is 0 Å². The van der Waals surface area contributed by atoms with Gasteiger partial charge in [-0.25, -0.2) is 4.98 Å². The summed E-state index contributed by atoms with van der Waals surface area (Å²) in [6.07, 6.45) is -1.73. The zero-order valence-corrected chi connectivity index (χ0v) is 11.9. The summed E-state index contributed by atoms with van der Waals surface area (Å²) in [7, 11) is 0. The first-order valence-electron chi connectivity index (χ1n) is 6.61. The number of pyridine rings is 1. The fraction of sp³-hybridized carbons (Fsp3) is 0.615. The van der Waals surface area contributed by atoms with Crippen LogP contribution in [-0.2, 0) is 6.18 Å². The highest BCUT2D eigenvalue weighted by Gasteiger charge is 2.31. The minimum atomic E-state index is -4.42. The van der Waals surface area contributed by atoms with Crippen LogP contribution in [0.2, 0.25) is 5.02 Å². The SMILES string of the molecule is CCN1CCC(Nc2ncc(C(F)(F)F)cc2Cl)CC1. The van der Waals surface area contributed by atoms with Crippen molar-refractivity contribution in [1.29, 1.82) is 0 Å². The Kier molecular flexibility index (Phi) is 4.75. The fourth-order valence-corrected chi connectivity index (χ4v) is 2.51. The molecular weight excluding hydrogens is 291 g/mol. The van der Waals surface area contributed by atoms with Crippen LogP contribution >= 0.6 is 11.6 Å². The number of nitrogens with one attached hydrogen (secondary N) is 1. The van der Waals surface area contributed by atoms with Crippen molar-refractivity contribution in [2.24, 2.45) is 0 Å². The van der Waals surface area contributed by atoms with Crippen LogP contribution in [-0.4, -0.2) is 35.6 Å². The predicted molar refractivity (Wildman–Crippen MR) is 73.0 cm³/mol. The quantitative estimate of drug-likeness (QED) is 0.924. The van der Waals surface area contributed by atoms with Gasteiger partial charge in [-0.2, -0.15) is 13.2 Å². The van der Waals surface area contributed by atoms with Gasteiger partial charge in [0.2, 0.25) is 0 Å². The van der Waals surface area contributed by atoms with Crippen LogP contribution in [0.4, 0.5) is 19.0 Å². The van der Waals surface area contributed by atoms with Crippen LogP contribution in [0.25, 0.3) is 0 Å². The highest BCUT2D eigenvalue weighted by molar-refractivity contribution is 6.33. The van der Waals surface area contributed by atoms with E-state index in [2.05, 4.69) is 22.1 Å². The van der Waals surface area contributed by atoms with Gasteiger partial charge in [-0.15, -0.1) is 0 Å². The zero-order chi connectivity index (χ0) is 14.8. The Balaban J connectivity index is 2.00. The van der Waals surface area contributed by atoms with E-state index in [1.807, 2.05) is 0 Å². The molecule has 2 rings (SSSR count). The molecule has 112 valence electrons. The first-order valence-corrected chi connectivity index (χ1v) is 6.99. The number of halogens is 4. The van der Waals surface area contributed by atoms with Gasteiger partial charge in [0.1, 0.15) is 5.82 Å². The Morgan fingerprint density at radius 3 is 2.55 bits per heavy atom. The maximum absolute atomic E-state index is 12.5. The van der Waals surface area contributed by atoms with Gasteiger partial charge >= 0.3 is 6.18 Å². The lowest BCUT2D eigenvalue weighted by Gasteiger charge is -2.31. The van der Waals surface area contributed by atoms with Crippen LogP contribution < -0.4 is 5.32 Å². The molecule has 0 unspecified atom stereocenters. The second kappa shape index (κ2) is 6.18. The van der Waals surface area contributed by atoms with Crippen LogP contribution in [0.1, 0.15) is 25.3 Å². The Hall–Kier alpha value is -1.01. The van der Waals surface area contributed by atoms with Crippen molar-refractivity contribution in [2.45, 2.75) is 32.0 Å². The van der Waals surface area contributed by atoms with E-state index in [4.69, 9.17) is 11.6 Å². The molecule has 1 saturated heterocycles. The highest BCUT2D eigenvalue weighted by Crippen LogP contribution is 2.32. The summed E-state index contributed by atoms with van der Waals surface area (Å²) in [6.45, 7) is 5.09. The molecule has 1 aromatic rings. The molecule has 0 saturated carbocycles. The van der Waals surface area contributed by atoms with Gasteiger partial charge in [0.25, 0.3) is 0 Å². The first kappa shape index (κ1) is 15.4. The molecule has 0 spiro atoms. The van der Waals surface area contributed by atoms with Gasteiger partial charge in [-0.1, -0.05) is 18.5 Å². The number of hydrogen-bond donors (Lipinski definition) is 1. The van der Waals surface area contributed by atoms with Gasteiger partial charge < -0.3 is 10.2 Å². The molecule has 0 radical (unpaired) electrons. The van der Waals surface area contributed by atoms with Crippen LogP contribution in [0, 0.1) is 0 Å². The van der Waals surface area contributed by atoms with Crippen molar-refractivity contribution in [2.75, 3.05) is 25.0 Å². The van der Waals surface area contributed by atoms with Crippen LogP contribution in [0.15, 0.2) is 12.3 Å². The fourth-order valence-electron chi connectivity index (χ4n) is 2.29. The molecule has 2 heterocycles. The molecule has 1 aliphatic rings. The molecule has 1 aliphatic heterocycles. The third-order valence-corrected chi connectivity index (χ3v) is 3.83. The number of rotatable bonds is 3. The van der Waals surface area contributed by atoms with Crippen LogP contribution in [0.3, 0.4) is 0 Å². The molecule has 0 amide bonds. The summed E-state index contributed by atoms with van der Waals surface area (Å²) in [5, 5.41) is 3.15. The van der Waals surface area contributed by atoms with Gasteiger partial charge in [-0.05, 0) is 25.5 Å². The van der Waals surface area contributed by atoms with E-state index >= 15 is 0 Å². The van der Waals surface area contributed by atoms with Crippen molar-refractivity contribution in [3.8, 4) is 0 Å². The van der Waals surface area contributed by atoms with Crippen LogP contribution in [0.5, 0.6) is 0 Å². The first-order chi connectivity index (χ1) is 9.40. The largest absolute Gasteiger partial charge is 0.417 e. The molecule has 3 nitrogen and oxygen atoms in total. The smallest absolute Gasteiger partial charge is 0.366 e. The molecular formula is C13H17ClF3N3. The summed E-state index contributed by atoms with van der Waals surface area (Å²) in [6, 6.07) is 1.12. The van der Waals surface area contributed by atoms with Crippen molar-refractivity contribution in [1.82, 2.24) is 9.88 Å². The molecule has 0 atom stereocenters. The standard InChI is InChI=1S/C13H17ClF3N3/c1-2-20-5-3-10(4-6-20)19-12-11(14)7-9(8-18-12)13(15,16)17/h7-8,10H,2-6H2,1H3,(H,18,19). The van der Waals surface area contributed by atoms with Crippen molar-refractivity contribution in [3.63, 3.8) is 0 Å². The minimum Gasteiger partial charge on any atom is -0.366 e. The monoisotopic (exact) mass is 307 g/mol. The lowest BCUT2D eigenvalue weighted by molar-refractivity contribution is -0.137. The molecule has 0 bridgehead atoms. The lowest BCUT2D eigenvalue weighted by atomic mass is 10.1. The number of nitrogens with zero attached hydrogens (tertiary/aromatic N) is 2. The van der Waals surface area contributed by atoms with E-state index < -0.39 is 11.7 Å². The summed E-state index contributed by atoms with van der Waals surface area (Å²) in [4.78, 5) is 6.13. The summed E-state index contributed by atoms with van der Waals surface area (Å²) >= 11 is 5.88.